The van der Waals surface area contributed by atoms with Gasteiger partial charge in [0.15, 0.2) is 0 Å². The van der Waals surface area contributed by atoms with Crippen molar-refractivity contribution in [3.05, 3.63) is 90.1 Å². The number of fused-ring (bicyclic) bond motifs is 2. The van der Waals surface area contributed by atoms with E-state index in [1.165, 1.54) is 24.8 Å². The minimum absolute atomic E-state index is 0.0196. The van der Waals surface area contributed by atoms with Gasteiger partial charge in [0, 0.05) is 35.6 Å². The minimum Gasteiger partial charge on any atom is -0.478 e. The summed E-state index contributed by atoms with van der Waals surface area (Å²) in [6.45, 7) is 2.33. The second kappa shape index (κ2) is 11.7. The summed E-state index contributed by atoms with van der Waals surface area (Å²) < 4.78 is 7.58. The number of nitrogens with zero attached hydrogens (tertiary/aromatic N) is 3. The van der Waals surface area contributed by atoms with Gasteiger partial charge in [-0.05, 0) is 65.8 Å². The molecule has 7 heteroatoms. The molecule has 7 rings (SSSR count). The number of aromatic nitrogens is 2. The van der Waals surface area contributed by atoms with Crippen molar-refractivity contribution < 1.29 is 19.4 Å². The average Bonchev–Trinajstić information content (AvgIpc) is 3.38. The molecule has 0 unspecified atom stereocenters. The lowest BCUT2D eigenvalue weighted by atomic mass is 9.81. The average molecular weight is 574 g/mol. The summed E-state index contributed by atoms with van der Waals surface area (Å²) in [5.41, 5.74) is 7.34. The molecule has 1 aliphatic carbocycles. The van der Waals surface area contributed by atoms with Crippen molar-refractivity contribution in [2.24, 2.45) is 0 Å². The molecule has 0 atom stereocenters. The SMILES string of the molecule is O=C(O)c1ccc2c(C3CCCCC3)c(-c3ccc4ncc(-c5ccccc5)cc4c3)n(CC(=O)N3CCOCC3)c2c1. The first-order valence-corrected chi connectivity index (χ1v) is 15.3. The Hall–Kier alpha value is -4.49. The largest absolute Gasteiger partial charge is 0.478 e. The number of carboxylic acids is 1. The van der Waals surface area contributed by atoms with E-state index in [9.17, 15) is 14.7 Å². The van der Waals surface area contributed by atoms with Gasteiger partial charge >= 0.3 is 5.97 Å². The molecule has 1 saturated heterocycles. The van der Waals surface area contributed by atoms with E-state index in [2.05, 4.69) is 41.0 Å². The number of ether oxygens (including phenoxy) is 1. The Kier molecular flexibility index (Phi) is 7.41. The standard InChI is InChI=1S/C36H35N3O4/c40-33(38-15-17-43-18-16-38)23-39-32-21-27(36(41)42)11-13-30(32)34(25-9-5-2-6-10-25)35(39)26-12-14-31-28(19-26)20-29(22-37-31)24-7-3-1-4-8-24/h1,3-4,7-8,11-14,19-22,25H,2,5-6,9-10,15-18,23H2,(H,41,42). The molecule has 3 heterocycles. The van der Waals surface area contributed by atoms with Crippen LogP contribution in [-0.4, -0.2) is 57.7 Å². The highest BCUT2D eigenvalue weighted by Crippen LogP contribution is 2.45. The summed E-state index contributed by atoms with van der Waals surface area (Å²) in [6.07, 6.45) is 7.63. The molecule has 0 radical (unpaired) electrons. The van der Waals surface area contributed by atoms with E-state index >= 15 is 0 Å². The highest BCUT2D eigenvalue weighted by molar-refractivity contribution is 6.00. The van der Waals surface area contributed by atoms with E-state index < -0.39 is 5.97 Å². The molecule has 43 heavy (non-hydrogen) atoms. The molecule has 2 aromatic heterocycles. The van der Waals surface area contributed by atoms with Gasteiger partial charge in [0.25, 0.3) is 0 Å². The maximum atomic E-state index is 13.7. The molecule has 1 aliphatic heterocycles. The van der Waals surface area contributed by atoms with Crippen molar-refractivity contribution in [3.8, 4) is 22.4 Å². The summed E-state index contributed by atoms with van der Waals surface area (Å²) in [6, 6.07) is 24.2. The zero-order chi connectivity index (χ0) is 29.3. The van der Waals surface area contributed by atoms with E-state index in [0.717, 1.165) is 57.0 Å². The minimum atomic E-state index is -0.972. The number of rotatable bonds is 6. The van der Waals surface area contributed by atoms with Gasteiger partial charge in [-0.25, -0.2) is 4.79 Å². The molecule has 1 saturated carbocycles. The second-order valence-electron chi connectivity index (χ2n) is 11.7. The molecule has 0 spiro atoms. The molecule has 0 bridgehead atoms. The van der Waals surface area contributed by atoms with E-state index in [1.54, 1.807) is 12.1 Å². The topological polar surface area (TPSA) is 84.7 Å². The summed E-state index contributed by atoms with van der Waals surface area (Å²) in [7, 11) is 0. The fraction of sp³-hybridized carbons (Fsp3) is 0.306. The molecular formula is C36H35N3O4. The fourth-order valence-corrected chi connectivity index (χ4v) is 6.90. The highest BCUT2D eigenvalue weighted by atomic mass is 16.5. The van der Waals surface area contributed by atoms with Gasteiger partial charge in [-0.3, -0.25) is 9.78 Å². The van der Waals surface area contributed by atoms with E-state index in [-0.39, 0.29) is 18.0 Å². The monoisotopic (exact) mass is 573 g/mol. The molecule has 1 N–H and O–H groups in total. The Morgan fingerprint density at radius 2 is 1.63 bits per heavy atom. The van der Waals surface area contributed by atoms with Crippen molar-refractivity contribution in [3.63, 3.8) is 0 Å². The lowest BCUT2D eigenvalue weighted by Gasteiger charge is -2.28. The maximum absolute atomic E-state index is 13.7. The molecule has 5 aromatic rings. The second-order valence-corrected chi connectivity index (χ2v) is 11.7. The van der Waals surface area contributed by atoms with Crippen molar-refractivity contribution in [2.75, 3.05) is 26.3 Å². The van der Waals surface area contributed by atoms with Gasteiger partial charge in [-0.15, -0.1) is 0 Å². The van der Waals surface area contributed by atoms with Crippen molar-refractivity contribution in [1.29, 1.82) is 0 Å². The van der Waals surface area contributed by atoms with E-state index in [1.807, 2.05) is 35.4 Å². The predicted molar refractivity (Wildman–Crippen MR) is 168 cm³/mol. The van der Waals surface area contributed by atoms with Gasteiger partial charge < -0.3 is 19.3 Å². The van der Waals surface area contributed by atoms with Gasteiger partial charge in [-0.2, -0.15) is 0 Å². The zero-order valence-electron chi connectivity index (χ0n) is 24.2. The van der Waals surface area contributed by atoms with Crippen LogP contribution < -0.4 is 0 Å². The van der Waals surface area contributed by atoms with Gasteiger partial charge in [0.2, 0.25) is 5.91 Å². The summed E-state index contributed by atoms with van der Waals surface area (Å²) in [4.78, 5) is 32.4. The summed E-state index contributed by atoms with van der Waals surface area (Å²) in [5, 5.41) is 12.0. The Balaban J connectivity index is 1.44. The third-order valence-corrected chi connectivity index (χ3v) is 9.08. The number of pyridine rings is 1. The lowest BCUT2D eigenvalue weighted by molar-refractivity contribution is -0.135. The van der Waals surface area contributed by atoms with Crippen molar-refractivity contribution in [1.82, 2.24) is 14.5 Å². The van der Waals surface area contributed by atoms with Gasteiger partial charge in [-0.1, -0.05) is 61.7 Å². The number of hydrogen-bond acceptors (Lipinski definition) is 4. The molecule has 1 amide bonds. The Morgan fingerprint density at radius 1 is 0.860 bits per heavy atom. The van der Waals surface area contributed by atoms with Gasteiger partial charge in [0.05, 0.1) is 35.5 Å². The maximum Gasteiger partial charge on any atom is 0.335 e. The highest BCUT2D eigenvalue weighted by Gasteiger charge is 2.29. The third-order valence-electron chi connectivity index (χ3n) is 9.08. The van der Waals surface area contributed by atoms with E-state index in [0.29, 0.717) is 32.2 Å². The van der Waals surface area contributed by atoms with Crippen molar-refractivity contribution in [2.45, 2.75) is 44.6 Å². The summed E-state index contributed by atoms with van der Waals surface area (Å²) in [5.74, 6) is -0.613. The van der Waals surface area contributed by atoms with E-state index in [4.69, 9.17) is 9.72 Å². The number of amides is 1. The zero-order valence-corrected chi connectivity index (χ0v) is 24.2. The van der Waals surface area contributed by atoms with Crippen molar-refractivity contribution >= 4 is 33.7 Å². The number of benzene rings is 3. The molecule has 2 aliphatic rings. The van der Waals surface area contributed by atoms with Crippen LogP contribution in [0.4, 0.5) is 0 Å². The third kappa shape index (κ3) is 5.30. The Labute approximate surface area is 250 Å². The smallest absolute Gasteiger partial charge is 0.335 e. The van der Waals surface area contributed by atoms with Crippen LogP contribution >= 0.6 is 0 Å². The quantitative estimate of drug-likeness (QED) is 0.234. The first kappa shape index (κ1) is 27.3. The molecule has 7 nitrogen and oxygen atoms in total. The lowest BCUT2D eigenvalue weighted by Crippen LogP contribution is -2.42. The van der Waals surface area contributed by atoms with Crippen LogP contribution in [0.1, 0.15) is 53.9 Å². The first-order chi connectivity index (χ1) is 21.1. The molecular weight excluding hydrogens is 538 g/mol. The van der Waals surface area contributed by atoms with Crippen LogP contribution in [0, 0.1) is 0 Å². The van der Waals surface area contributed by atoms with Crippen LogP contribution in [0.5, 0.6) is 0 Å². The van der Waals surface area contributed by atoms with Crippen LogP contribution in [0.15, 0.2) is 79.0 Å². The number of carboxylic acid groups (broad SMARTS) is 1. The van der Waals surface area contributed by atoms with Crippen LogP contribution in [-0.2, 0) is 16.1 Å². The number of morpholine rings is 1. The number of carbonyl (C=O) groups is 2. The number of aromatic carboxylic acids is 1. The summed E-state index contributed by atoms with van der Waals surface area (Å²) >= 11 is 0. The normalized spacial score (nSPS) is 16.1. The Bertz CT molecular complexity index is 1820. The Morgan fingerprint density at radius 3 is 2.40 bits per heavy atom. The predicted octanol–water partition coefficient (Wildman–Crippen LogP) is 7.13. The van der Waals surface area contributed by atoms with Gasteiger partial charge in [0.1, 0.15) is 6.54 Å². The first-order valence-electron chi connectivity index (χ1n) is 15.3. The van der Waals surface area contributed by atoms with Crippen LogP contribution in [0.3, 0.4) is 0 Å². The fourth-order valence-electron chi connectivity index (χ4n) is 6.90. The number of carbonyl (C=O) groups excluding carboxylic acids is 1. The van der Waals surface area contributed by atoms with Crippen LogP contribution in [0.2, 0.25) is 0 Å². The number of hydrogen-bond donors (Lipinski definition) is 1. The molecule has 218 valence electrons. The molecule has 2 fully saturated rings. The van der Waals surface area contributed by atoms with Crippen LogP contribution in [0.25, 0.3) is 44.2 Å². The molecule has 3 aromatic carbocycles.